The van der Waals surface area contributed by atoms with E-state index in [2.05, 4.69) is 4.72 Å². The number of ketones is 1. The molecule has 6 nitrogen and oxygen atoms in total. The molecule has 2 rings (SSSR count). The zero-order valence-corrected chi connectivity index (χ0v) is 16.7. The van der Waals surface area contributed by atoms with Gasteiger partial charge in [-0.05, 0) is 36.2 Å². The summed E-state index contributed by atoms with van der Waals surface area (Å²) < 4.78 is 32.3. The summed E-state index contributed by atoms with van der Waals surface area (Å²) in [4.78, 5) is 22.9. The second-order valence-electron chi connectivity index (χ2n) is 5.72. The van der Waals surface area contributed by atoms with Crippen molar-refractivity contribution in [3.8, 4) is 5.75 Å². The van der Waals surface area contributed by atoms with Crippen LogP contribution in [0.15, 0.2) is 53.4 Å². The molecule has 0 aromatic heterocycles. The minimum atomic E-state index is -3.66. The summed E-state index contributed by atoms with van der Waals surface area (Å²) in [5.41, 5.74) is 1.36. The number of rotatable bonds is 9. The van der Waals surface area contributed by atoms with Crippen LogP contribution in [0.3, 0.4) is 0 Å². The Balaban J connectivity index is 1.93. The third kappa shape index (κ3) is 6.50. The molecular weight excluding hydrogens is 386 g/mol. The molecule has 2 aromatic carbocycles. The van der Waals surface area contributed by atoms with Crippen LogP contribution in [0, 0.1) is 0 Å². The van der Waals surface area contributed by atoms with Gasteiger partial charge in [-0.15, -0.1) is 0 Å². The molecule has 0 aliphatic heterocycles. The van der Waals surface area contributed by atoms with Crippen molar-refractivity contribution < 1.29 is 22.7 Å². The number of Topliss-reactive ketones (excluding diaryl/α,β-unsaturated/α-hetero) is 1. The molecule has 0 aliphatic carbocycles. The fourth-order valence-electron chi connectivity index (χ4n) is 2.28. The van der Waals surface area contributed by atoms with Crippen LogP contribution in [-0.2, 0) is 21.2 Å². The number of nitrogens with one attached hydrogen (secondary N) is 1. The van der Waals surface area contributed by atoms with Crippen LogP contribution >= 0.6 is 11.8 Å². The van der Waals surface area contributed by atoms with Crippen molar-refractivity contribution in [1.82, 2.24) is 4.72 Å². The highest BCUT2D eigenvalue weighted by Crippen LogP contribution is 2.14. The van der Waals surface area contributed by atoms with Gasteiger partial charge in [-0.2, -0.15) is 0 Å². The minimum Gasteiger partial charge on any atom is -0.497 e. The molecule has 0 bridgehead atoms. The largest absolute Gasteiger partial charge is 0.497 e. The van der Waals surface area contributed by atoms with Gasteiger partial charge in [0.1, 0.15) is 5.75 Å². The van der Waals surface area contributed by atoms with Crippen LogP contribution in [0.4, 0.5) is 0 Å². The first kappa shape index (κ1) is 21.1. The van der Waals surface area contributed by atoms with Crippen LogP contribution in [-0.4, -0.2) is 38.7 Å². The van der Waals surface area contributed by atoms with E-state index >= 15 is 0 Å². The molecule has 0 unspecified atom stereocenters. The fourth-order valence-corrected chi connectivity index (χ4v) is 3.81. The predicted molar refractivity (Wildman–Crippen MR) is 106 cm³/mol. The van der Waals surface area contributed by atoms with Gasteiger partial charge in [0.05, 0.1) is 17.8 Å². The van der Waals surface area contributed by atoms with Crippen LogP contribution in [0.25, 0.3) is 0 Å². The Labute approximate surface area is 163 Å². The number of methoxy groups -OCH3 is 1. The van der Waals surface area contributed by atoms with E-state index in [9.17, 15) is 18.0 Å². The summed E-state index contributed by atoms with van der Waals surface area (Å²) in [7, 11) is -2.07. The minimum absolute atomic E-state index is 0.0432. The van der Waals surface area contributed by atoms with E-state index in [1.807, 2.05) is 24.3 Å². The first-order chi connectivity index (χ1) is 12.8. The van der Waals surface area contributed by atoms with Gasteiger partial charge in [-0.3, -0.25) is 9.59 Å². The lowest BCUT2D eigenvalue weighted by Gasteiger charge is -2.08. The molecule has 2 aromatic rings. The maximum Gasteiger partial charge on any atom is 0.240 e. The molecule has 27 heavy (non-hydrogen) atoms. The van der Waals surface area contributed by atoms with Crippen LogP contribution < -0.4 is 9.46 Å². The molecule has 8 heteroatoms. The van der Waals surface area contributed by atoms with Gasteiger partial charge in [-0.1, -0.05) is 36.0 Å². The van der Waals surface area contributed by atoms with Crippen molar-refractivity contribution in [3.05, 3.63) is 59.7 Å². The number of hydrogen-bond donors (Lipinski definition) is 1. The number of thioether (sulfide) groups is 1. The predicted octanol–water partition coefficient (Wildman–Crippen LogP) is 2.68. The Hall–Kier alpha value is -2.16. The molecule has 0 fully saturated rings. The molecule has 0 saturated heterocycles. The average molecular weight is 408 g/mol. The highest BCUT2D eigenvalue weighted by Gasteiger charge is 2.15. The van der Waals surface area contributed by atoms with Crippen LogP contribution in [0.1, 0.15) is 22.8 Å². The zero-order valence-electron chi connectivity index (χ0n) is 15.1. The average Bonchev–Trinajstić information content (AvgIpc) is 2.66. The lowest BCUT2D eigenvalue weighted by Crippen LogP contribution is -2.26. The van der Waals surface area contributed by atoms with Crippen molar-refractivity contribution in [2.75, 3.05) is 19.4 Å². The highest BCUT2D eigenvalue weighted by molar-refractivity contribution is 8.14. The van der Waals surface area contributed by atoms with Crippen LogP contribution in [0.2, 0.25) is 0 Å². The van der Waals surface area contributed by atoms with Crippen molar-refractivity contribution in [2.24, 2.45) is 0 Å². The van der Waals surface area contributed by atoms with Gasteiger partial charge in [0.2, 0.25) is 10.0 Å². The number of sulfonamides is 1. The lowest BCUT2D eigenvalue weighted by molar-refractivity contribution is -0.109. The van der Waals surface area contributed by atoms with E-state index in [0.29, 0.717) is 12.0 Å². The molecule has 0 aliphatic rings. The van der Waals surface area contributed by atoms with Crippen molar-refractivity contribution in [3.63, 3.8) is 0 Å². The Morgan fingerprint density at radius 1 is 1.04 bits per heavy atom. The normalized spacial score (nSPS) is 11.2. The van der Waals surface area contributed by atoms with Crippen molar-refractivity contribution in [2.45, 2.75) is 18.2 Å². The fraction of sp³-hybridized carbons (Fsp3) is 0.263. The third-order valence-corrected chi connectivity index (χ3v) is 6.05. The summed E-state index contributed by atoms with van der Waals surface area (Å²) in [5, 5.41) is -0.136. The molecule has 0 spiro atoms. The molecule has 144 valence electrons. The first-order valence-electron chi connectivity index (χ1n) is 8.21. The van der Waals surface area contributed by atoms with Gasteiger partial charge in [0.25, 0.3) is 0 Å². The molecule has 0 amide bonds. The van der Waals surface area contributed by atoms with Gasteiger partial charge < -0.3 is 4.74 Å². The van der Waals surface area contributed by atoms with E-state index in [1.54, 1.807) is 7.11 Å². The summed E-state index contributed by atoms with van der Waals surface area (Å²) in [5.74, 6) is 0.573. The number of carbonyl (C=O) groups excluding carboxylic acids is 2. The molecule has 0 radical (unpaired) electrons. The van der Waals surface area contributed by atoms with Gasteiger partial charge in [0.15, 0.2) is 10.9 Å². The summed E-state index contributed by atoms with van der Waals surface area (Å²) in [6, 6.07) is 13.1. The quantitative estimate of drug-likeness (QED) is 0.643. The number of ether oxygens (including phenoxy) is 1. The summed E-state index contributed by atoms with van der Waals surface area (Å²) in [6.07, 6.45) is 0.544. The molecule has 0 heterocycles. The second-order valence-corrected chi connectivity index (χ2v) is 8.64. The van der Waals surface area contributed by atoms with Gasteiger partial charge in [0, 0.05) is 19.0 Å². The number of benzene rings is 2. The highest BCUT2D eigenvalue weighted by atomic mass is 32.2. The smallest absolute Gasteiger partial charge is 0.240 e. The lowest BCUT2D eigenvalue weighted by atomic mass is 10.1. The molecule has 1 N–H and O–H groups in total. The monoisotopic (exact) mass is 407 g/mol. The van der Waals surface area contributed by atoms with E-state index in [0.717, 1.165) is 23.1 Å². The standard InChI is InChI=1S/C19H21NO5S2/c1-14(21)26-13-19(22)16-5-9-18(10-6-16)27(23,24)20-12-11-15-3-7-17(25-2)8-4-15/h3-10,20H,11-13H2,1-2H3. The topological polar surface area (TPSA) is 89.5 Å². The Bertz CT molecular complexity index is 891. The first-order valence-corrected chi connectivity index (χ1v) is 10.7. The zero-order chi connectivity index (χ0) is 19.9. The van der Waals surface area contributed by atoms with Gasteiger partial charge in [-0.25, -0.2) is 13.1 Å². The van der Waals surface area contributed by atoms with E-state index in [1.165, 1.54) is 31.2 Å². The Kier molecular flexibility index (Phi) is 7.58. The molecule has 0 atom stereocenters. The number of carbonyl (C=O) groups is 2. The molecular formula is C19H21NO5S2. The van der Waals surface area contributed by atoms with Crippen molar-refractivity contribution in [1.29, 1.82) is 0 Å². The van der Waals surface area contributed by atoms with E-state index < -0.39 is 10.0 Å². The molecule has 0 saturated carbocycles. The summed E-state index contributed by atoms with van der Waals surface area (Å²) in [6.45, 7) is 1.65. The SMILES string of the molecule is COc1ccc(CCNS(=O)(=O)c2ccc(C(=O)CSC(C)=O)cc2)cc1. The maximum atomic E-state index is 12.4. The van der Waals surface area contributed by atoms with Crippen molar-refractivity contribution >= 4 is 32.7 Å². The number of hydrogen-bond acceptors (Lipinski definition) is 6. The van der Waals surface area contributed by atoms with E-state index in [-0.39, 0.29) is 28.1 Å². The Morgan fingerprint density at radius 2 is 1.67 bits per heavy atom. The second kappa shape index (κ2) is 9.68. The maximum absolute atomic E-state index is 12.4. The van der Waals surface area contributed by atoms with E-state index in [4.69, 9.17) is 4.74 Å². The van der Waals surface area contributed by atoms with Gasteiger partial charge >= 0.3 is 0 Å². The third-order valence-electron chi connectivity index (χ3n) is 3.76. The Morgan fingerprint density at radius 3 is 2.22 bits per heavy atom. The summed E-state index contributed by atoms with van der Waals surface area (Å²) >= 11 is 0.928. The van der Waals surface area contributed by atoms with Crippen LogP contribution in [0.5, 0.6) is 5.75 Å².